The summed E-state index contributed by atoms with van der Waals surface area (Å²) in [5, 5.41) is 3.10. The summed E-state index contributed by atoms with van der Waals surface area (Å²) >= 11 is 0. The summed E-state index contributed by atoms with van der Waals surface area (Å²) in [5.74, 6) is 0.0768. The molecule has 1 aromatic carbocycles. The van der Waals surface area contributed by atoms with E-state index in [2.05, 4.69) is 10.2 Å². The van der Waals surface area contributed by atoms with Crippen molar-refractivity contribution < 1.29 is 13.9 Å². The van der Waals surface area contributed by atoms with Gasteiger partial charge in [0.05, 0.1) is 19.3 Å². The molecule has 1 heterocycles. The van der Waals surface area contributed by atoms with Crippen LogP contribution in [0.25, 0.3) is 0 Å². The van der Waals surface area contributed by atoms with Crippen LogP contribution >= 0.6 is 0 Å². The lowest BCUT2D eigenvalue weighted by Crippen LogP contribution is -2.44. The number of nitrogens with zero attached hydrogens (tertiary/aromatic N) is 1. The predicted molar refractivity (Wildman–Crippen MR) is 86.5 cm³/mol. The molecule has 2 aliphatic rings. The minimum Gasteiger partial charge on any atom is -0.379 e. The summed E-state index contributed by atoms with van der Waals surface area (Å²) in [7, 11) is 0. The van der Waals surface area contributed by atoms with Crippen molar-refractivity contribution in [2.24, 2.45) is 5.92 Å². The van der Waals surface area contributed by atoms with Crippen molar-refractivity contribution in [3.63, 3.8) is 0 Å². The third-order valence-corrected chi connectivity index (χ3v) is 4.92. The van der Waals surface area contributed by atoms with E-state index in [9.17, 15) is 9.18 Å². The molecule has 0 radical (unpaired) electrons. The number of hydrogen-bond acceptors (Lipinski definition) is 3. The van der Waals surface area contributed by atoms with Crippen LogP contribution in [0.2, 0.25) is 0 Å². The summed E-state index contributed by atoms with van der Waals surface area (Å²) in [5.41, 5.74) is 0.915. The lowest BCUT2D eigenvalue weighted by molar-refractivity contribution is -0.125. The van der Waals surface area contributed by atoms with Gasteiger partial charge in [-0.2, -0.15) is 0 Å². The Kier molecular flexibility index (Phi) is 5.62. The van der Waals surface area contributed by atoms with Crippen LogP contribution in [0.1, 0.15) is 37.3 Å². The van der Waals surface area contributed by atoms with Crippen LogP contribution in [0.15, 0.2) is 24.3 Å². The highest BCUT2D eigenvalue weighted by Gasteiger charge is 2.26. The van der Waals surface area contributed by atoms with E-state index in [1.165, 1.54) is 6.07 Å². The molecule has 1 N–H and O–H groups in total. The molecular formula is C18H25FN2O2. The fourth-order valence-corrected chi connectivity index (χ4v) is 3.59. The standard InChI is InChI=1S/C18H25FN2O2/c19-16-7-3-6-15(12-16)17(21-8-10-23-11-9-21)13-20-18(22)14-4-1-2-5-14/h3,6-7,12,14,17H,1-2,4-5,8-11,13H2,(H,20,22)/t17-/m1/s1. The number of morpholine rings is 1. The molecule has 2 fully saturated rings. The molecule has 0 spiro atoms. The Morgan fingerprint density at radius 2 is 2.04 bits per heavy atom. The van der Waals surface area contributed by atoms with Gasteiger partial charge in [0.1, 0.15) is 5.82 Å². The number of hydrogen-bond donors (Lipinski definition) is 1. The molecule has 1 saturated carbocycles. The Balaban J connectivity index is 1.68. The second-order valence-electron chi connectivity index (χ2n) is 6.45. The summed E-state index contributed by atoms with van der Waals surface area (Å²) < 4.78 is 19.0. The molecule has 1 saturated heterocycles. The number of carbonyl (C=O) groups excluding carboxylic acids is 1. The Labute approximate surface area is 137 Å². The molecule has 4 nitrogen and oxygen atoms in total. The van der Waals surface area contributed by atoms with Crippen molar-refractivity contribution in [2.75, 3.05) is 32.8 Å². The third kappa shape index (κ3) is 4.30. The smallest absolute Gasteiger partial charge is 0.223 e. The second-order valence-corrected chi connectivity index (χ2v) is 6.45. The maximum atomic E-state index is 13.6. The van der Waals surface area contributed by atoms with Gasteiger partial charge in [-0.25, -0.2) is 4.39 Å². The first-order chi connectivity index (χ1) is 11.2. The average molecular weight is 320 g/mol. The Bertz CT molecular complexity index is 526. The SMILES string of the molecule is O=C(NC[C@H](c1cccc(F)c1)N1CCOCC1)C1CCCC1. The van der Waals surface area contributed by atoms with E-state index in [-0.39, 0.29) is 23.7 Å². The molecule has 126 valence electrons. The van der Waals surface area contributed by atoms with Gasteiger partial charge in [0.15, 0.2) is 0 Å². The van der Waals surface area contributed by atoms with Gasteiger partial charge >= 0.3 is 0 Å². The van der Waals surface area contributed by atoms with Crippen molar-refractivity contribution in [1.82, 2.24) is 10.2 Å². The summed E-state index contributed by atoms with van der Waals surface area (Å²) in [6, 6.07) is 6.70. The number of nitrogens with one attached hydrogen (secondary N) is 1. The quantitative estimate of drug-likeness (QED) is 0.906. The molecule has 1 aliphatic carbocycles. The van der Waals surface area contributed by atoms with Gasteiger partial charge in [-0.05, 0) is 30.5 Å². The lowest BCUT2D eigenvalue weighted by atomic mass is 10.0. The molecule has 1 atom stereocenters. The average Bonchev–Trinajstić information content (AvgIpc) is 3.10. The van der Waals surface area contributed by atoms with Crippen LogP contribution in [-0.4, -0.2) is 43.7 Å². The Hall–Kier alpha value is -1.46. The van der Waals surface area contributed by atoms with Crippen molar-refractivity contribution >= 4 is 5.91 Å². The van der Waals surface area contributed by atoms with Crippen molar-refractivity contribution in [2.45, 2.75) is 31.7 Å². The van der Waals surface area contributed by atoms with Crippen LogP contribution in [0.5, 0.6) is 0 Å². The van der Waals surface area contributed by atoms with Gasteiger partial charge in [-0.1, -0.05) is 25.0 Å². The molecule has 1 aliphatic heterocycles. The van der Waals surface area contributed by atoms with Gasteiger partial charge in [-0.3, -0.25) is 9.69 Å². The van der Waals surface area contributed by atoms with Crippen molar-refractivity contribution in [3.05, 3.63) is 35.6 Å². The highest BCUT2D eigenvalue weighted by molar-refractivity contribution is 5.78. The molecule has 0 unspecified atom stereocenters. The molecule has 1 aromatic rings. The first kappa shape index (κ1) is 16.4. The van der Waals surface area contributed by atoms with Gasteiger partial charge in [0, 0.05) is 25.6 Å². The van der Waals surface area contributed by atoms with Crippen LogP contribution in [0.4, 0.5) is 4.39 Å². The zero-order valence-corrected chi connectivity index (χ0v) is 13.5. The van der Waals surface area contributed by atoms with Crippen molar-refractivity contribution in [3.8, 4) is 0 Å². The Morgan fingerprint density at radius 3 is 2.74 bits per heavy atom. The normalized spacial score (nSPS) is 21.3. The van der Waals surface area contributed by atoms with Crippen LogP contribution in [0, 0.1) is 11.7 Å². The van der Waals surface area contributed by atoms with Gasteiger partial charge in [0.2, 0.25) is 5.91 Å². The van der Waals surface area contributed by atoms with Gasteiger partial charge < -0.3 is 10.1 Å². The van der Waals surface area contributed by atoms with Crippen LogP contribution in [0.3, 0.4) is 0 Å². The second kappa shape index (κ2) is 7.88. The lowest BCUT2D eigenvalue weighted by Gasteiger charge is -2.35. The van der Waals surface area contributed by atoms with Crippen LogP contribution in [-0.2, 0) is 9.53 Å². The number of carbonyl (C=O) groups is 1. The molecule has 3 rings (SSSR count). The summed E-state index contributed by atoms with van der Waals surface area (Å²) in [6.45, 7) is 3.50. The van der Waals surface area contributed by atoms with Gasteiger partial charge in [-0.15, -0.1) is 0 Å². The number of halogens is 1. The van der Waals surface area contributed by atoms with E-state index >= 15 is 0 Å². The zero-order chi connectivity index (χ0) is 16.1. The predicted octanol–water partition coefficient (Wildman–Crippen LogP) is 2.51. The topological polar surface area (TPSA) is 41.6 Å². The molecule has 0 aromatic heterocycles. The largest absolute Gasteiger partial charge is 0.379 e. The summed E-state index contributed by atoms with van der Waals surface area (Å²) in [4.78, 5) is 14.6. The molecule has 1 amide bonds. The van der Waals surface area contributed by atoms with E-state index in [1.54, 1.807) is 12.1 Å². The molecule has 5 heteroatoms. The number of amides is 1. The fraction of sp³-hybridized carbons (Fsp3) is 0.611. The number of ether oxygens (including phenoxy) is 1. The number of benzene rings is 1. The first-order valence-electron chi connectivity index (χ1n) is 8.59. The first-order valence-corrected chi connectivity index (χ1v) is 8.59. The molecular weight excluding hydrogens is 295 g/mol. The molecule has 0 bridgehead atoms. The van der Waals surface area contributed by atoms with E-state index < -0.39 is 0 Å². The van der Waals surface area contributed by atoms with E-state index in [4.69, 9.17) is 4.74 Å². The summed E-state index contributed by atoms with van der Waals surface area (Å²) in [6.07, 6.45) is 4.28. The minimum atomic E-state index is -0.233. The monoisotopic (exact) mass is 320 g/mol. The van der Waals surface area contributed by atoms with E-state index in [0.29, 0.717) is 19.8 Å². The molecule has 23 heavy (non-hydrogen) atoms. The highest BCUT2D eigenvalue weighted by atomic mass is 19.1. The number of rotatable bonds is 5. The fourth-order valence-electron chi connectivity index (χ4n) is 3.59. The van der Waals surface area contributed by atoms with Gasteiger partial charge in [0.25, 0.3) is 0 Å². The highest BCUT2D eigenvalue weighted by Crippen LogP contribution is 2.26. The zero-order valence-electron chi connectivity index (χ0n) is 13.5. The maximum absolute atomic E-state index is 13.6. The van der Waals surface area contributed by atoms with Crippen molar-refractivity contribution in [1.29, 1.82) is 0 Å². The van der Waals surface area contributed by atoms with E-state index in [1.807, 2.05) is 6.07 Å². The van der Waals surface area contributed by atoms with E-state index in [0.717, 1.165) is 44.3 Å². The maximum Gasteiger partial charge on any atom is 0.223 e. The van der Waals surface area contributed by atoms with Crippen LogP contribution < -0.4 is 5.32 Å². The minimum absolute atomic E-state index is 0.0000435. The Morgan fingerprint density at radius 1 is 1.30 bits per heavy atom. The third-order valence-electron chi connectivity index (χ3n) is 4.92.